The largest absolute Gasteiger partial charge is 0.372 e. The highest BCUT2D eigenvalue weighted by Crippen LogP contribution is 2.38. The summed E-state index contributed by atoms with van der Waals surface area (Å²) >= 11 is 6.81. The number of thioether (sulfide) groups is 1. The molecule has 2 aliphatic heterocycles. The standard InChI is InChI=1S/C26H26N4O3S2/c1-16-14-28(15-17(2)33-16)23-20(24(31)29-12-8-7-11-22(29)27-23)13-21-25(32)30(26(34)35-21)18(3)19-9-5-4-6-10-19/h4-13,16-18H,14-15H2,1-3H3/b21-13-/t16-,17-,18+/m1/s1. The molecule has 2 aliphatic rings. The van der Waals surface area contributed by atoms with Gasteiger partial charge in [-0.3, -0.25) is 18.9 Å². The molecule has 1 aromatic carbocycles. The molecule has 0 bridgehead atoms. The molecule has 0 unspecified atom stereocenters. The molecule has 1 amide bonds. The van der Waals surface area contributed by atoms with Gasteiger partial charge in [0.05, 0.1) is 28.7 Å². The van der Waals surface area contributed by atoms with Crippen LogP contribution in [0.5, 0.6) is 0 Å². The van der Waals surface area contributed by atoms with Crippen molar-refractivity contribution in [3.05, 3.63) is 81.1 Å². The molecule has 3 aromatic rings. The predicted molar refractivity (Wildman–Crippen MR) is 144 cm³/mol. The van der Waals surface area contributed by atoms with Crippen molar-refractivity contribution in [2.24, 2.45) is 0 Å². The first kappa shape index (κ1) is 23.7. The average molecular weight is 507 g/mol. The van der Waals surface area contributed by atoms with Crippen LogP contribution in [0, 0.1) is 0 Å². The lowest BCUT2D eigenvalue weighted by atomic mass is 10.1. The molecular formula is C26H26N4O3S2. The van der Waals surface area contributed by atoms with Crippen LogP contribution in [0.15, 0.2) is 64.4 Å². The molecule has 4 heterocycles. The number of carbonyl (C=O) groups excluding carboxylic acids is 1. The van der Waals surface area contributed by atoms with E-state index in [0.29, 0.717) is 39.3 Å². The van der Waals surface area contributed by atoms with E-state index >= 15 is 0 Å². The van der Waals surface area contributed by atoms with Gasteiger partial charge in [0.2, 0.25) is 0 Å². The number of nitrogens with zero attached hydrogens (tertiary/aromatic N) is 4. The zero-order valence-corrected chi connectivity index (χ0v) is 21.4. The van der Waals surface area contributed by atoms with E-state index in [2.05, 4.69) is 4.90 Å². The smallest absolute Gasteiger partial charge is 0.267 e. The van der Waals surface area contributed by atoms with E-state index in [-0.39, 0.29) is 29.7 Å². The number of pyridine rings is 1. The number of ether oxygens (including phenoxy) is 1. The third-order valence-electron chi connectivity index (χ3n) is 6.24. The fraction of sp³-hybridized carbons (Fsp3) is 0.308. The monoisotopic (exact) mass is 506 g/mol. The summed E-state index contributed by atoms with van der Waals surface area (Å²) in [6.07, 6.45) is 3.34. The lowest BCUT2D eigenvalue weighted by molar-refractivity contribution is -0.123. The zero-order chi connectivity index (χ0) is 24.7. The van der Waals surface area contributed by atoms with Crippen LogP contribution in [0.3, 0.4) is 0 Å². The number of rotatable bonds is 4. The van der Waals surface area contributed by atoms with Crippen LogP contribution < -0.4 is 10.5 Å². The van der Waals surface area contributed by atoms with Crippen LogP contribution in [-0.2, 0) is 9.53 Å². The highest BCUT2D eigenvalue weighted by Gasteiger charge is 2.37. The van der Waals surface area contributed by atoms with Crippen molar-refractivity contribution >= 4 is 51.7 Å². The Hall–Kier alpha value is -3.01. The number of morpholine rings is 1. The molecule has 0 radical (unpaired) electrons. The molecule has 7 nitrogen and oxygen atoms in total. The van der Waals surface area contributed by atoms with E-state index in [1.165, 1.54) is 16.2 Å². The number of anilines is 1. The van der Waals surface area contributed by atoms with Gasteiger partial charge in [-0.2, -0.15) is 0 Å². The third-order valence-corrected chi connectivity index (χ3v) is 7.57. The number of benzene rings is 1. The number of carbonyl (C=O) groups is 1. The zero-order valence-electron chi connectivity index (χ0n) is 19.7. The molecule has 0 aliphatic carbocycles. The third kappa shape index (κ3) is 4.51. The van der Waals surface area contributed by atoms with Gasteiger partial charge in [-0.1, -0.05) is 60.4 Å². The summed E-state index contributed by atoms with van der Waals surface area (Å²) < 4.78 is 7.88. The van der Waals surface area contributed by atoms with E-state index in [4.69, 9.17) is 21.9 Å². The first-order valence-corrected chi connectivity index (χ1v) is 12.8. The van der Waals surface area contributed by atoms with Crippen LogP contribution in [0.2, 0.25) is 0 Å². The summed E-state index contributed by atoms with van der Waals surface area (Å²) in [7, 11) is 0. The fourth-order valence-electron chi connectivity index (χ4n) is 4.63. The van der Waals surface area contributed by atoms with Crippen LogP contribution >= 0.6 is 24.0 Å². The molecule has 0 saturated carbocycles. The van der Waals surface area contributed by atoms with Crippen molar-refractivity contribution in [1.82, 2.24) is 14.3 Å². The quantitative estimate of drug-likeness (QED) is 0.387. The Kier molecular flexibility index (Phi) is 6.48. The summed E-state index contributed by atoms with van der Waals surface area (Å²) in [6.45, 7) is 7.18. The van der Waals surface area contributed by atoms with E-state index in [0.717, 1.165) is 5.56 Å². The fourth-order valence-corrected chi connectivity index (χ4v) is 6.03. The van der Waals surface area contributed by atoms with Crippen molar-refractivity contribution in [2.45, 2.75) is 39.0 Å². The Bertz CT molecular complexity index is 1380. The lowest BCUT2D eigenvalue weighted by Gasteiger charge is -2.36. The first-order chi connectivity index (χ1) is 16.8. The molecule has 2 fully saturated rings. The Morgan fingerprint density at radius 3 is 2.49 bits per heavy atom. The Balaban J connectivity index is 1.59. The first-order valence-electron chi connectivity index (χ1n) is 11.6. The minimum atomic E-state index is -0.223. The highest BCUT2D eigenvalue weighted by atomic mass is 32.2. The van der Waals surface area contributed by atoms with Crippen molar-refractivity contribution < 1.29 is 9.53 Å². The van der Waals surface area contributed by atoms with Crippen molar-refractivity contribution in [3.8, 4) is 0 Å². The number of fused-ring (bicyclic) bond motifs is 1. The van der Waals surface area contributed by atoms with Gasteiger partial charge >= 0.3 is 0 Å². The minimum Gasteiger partial charge on any atom is -0.372 e. The molecule has 35 heavy (non-hydrogen) atoms. The topological polar surface area (TPSA) is 67.2 Å². The van der Waals surface area contributed by atoms with Crippen LogP contribution in [0.1, 0.15) is 37.9 Å². The summed E-state index contributed by atoms with van der Waals surface area (Å²) in [4.78, 5) is 36.1. The normalized spacial score (nSPS) is 22.9. The molecule has 2 aromatic heterocycles. The van der Waals surface area contributed by atoms with Gasteiger partial charge < -0.3 is 9.64 Å². The van der Waals surface area contributed by atoms with E-state index in [9.17, 15) is 9.59 Å². The lowest BCUT2D eigenvalue weighted by Crippen LogP contribution is -2.46. The Morgan fingerprint density at radius 1 is 1.09 bits per heavy atom. The second kappa shape index (κ2) is 9.56. The maximum atomic E-state index is 13.6. The van der Waals surface area contributed by atoms with E-state index in [1.54, 1.807) is 23.2 Å². The van der Waals surface area contributed by atoms with Gasteiger partial charge in [-0.25, -0.2) is 4.98 Å². The molecule has 0 N–H and O–H groups in total. The van der Waals surface area contributed by atoms with Crippen molar-refractivity contribution in [1.29, 1.82) is 0 Å². The predicted octanol–water partition coefficient (Wildman–Crippen LogP) is 4.27. The summed E-state index contributed by atoms with van der Waals surface area (Å²) in [5.41, 5.74) is 1.71. The summed E-state index contributed by atoms with van der Waals surface area (Å²) in [5, 5.41) is 0. The molecule has 9 heteroatoms. The summed E-state index contributed by atoms with van der Waals surface area (Å²) in [5.74, 6) is 0.355. The van der Waals surface area contributed by atoms with Crippen LogP contribution in [-0.4, -0.2) is 49.8 Å². The second-order valence-electron chi connectivity index (χ2n) is 8.88. The number of amides is 1. The van der Waals surface area contributed by atoms with Gasteiger partial charge in [0.25, 0.3) is 11.5 Å². The molecule has 180 valence electrons. The summed E-state index contributed by atoms with van der Waals surface area (Å²) in [6, 6.07) is 15.0. The van der Waals surface area contributed by atoms with Gasteiger partial charge in [0.1, 0.15) is 15.8 Å². The van der Waals surface area contributed by atoms with E-state index in [1.807, 2.05) is 63.2 Å². The average Bonchev–Trinajstić information content (AvgIpc) is 3.12. The second-order valence-corrected chi connectivity index (χ2v) is 10.6. The number of hydrogen-bond donors (Lipinski definition) is 0. The molecule has 5 rings (SSSR count). The molecule has 2 saturated heterocycles. The van der Waals surface area contributed by atoms with Gasteiger partial charge in [0.15, 0.2) is 0 Å². The van der Waals surface area contributed by atoms with Crippen molar-refractivity contribution in [3.63, 3.8) is 0 Å². The highest BCUT2D eigenvalue weighted by molar-refractivity contribution is 8.26. The number of hydrogen-bond acceptors (Lipinski definition) is 7. The van der Waals surface area contributed by atoms with Crippen LogP contribution in [0.4, 0.5) is 5.82 Å². The molecular weight excluding hydrogens is 480 g/mol. The number of aromatic nitrogens is 2. The Morgan fingerprint density at radius 2 is 1.77 bits per heavy atom. The van der Waals surface area contributed by atoms with Gasteiger partial charge in [-0.15, -0.1) is 0 Å². The molecule has 0 spiro atoms. The minimum absolute atomic E-state index is 0.00689. The number of thiocarbonyl (C=S) groups is 1. The van der Waals surface area contributed by atoms with E-state index < -0.39 is 0 Å². The SMILES string of the molecule is C[C@@H]1CN(c2nc3ccccn3c(=O)c2/C=C2\SC(=S)N([C@@H](C)c3ccccc3)C2=O)C[C@@H](C)O1. The molecule has 3 atom stereocenters. The van der Waals surface area contributed by atoms with Crippen molar-refractivity contribution in [2.75, 3.05) is 18.0 Å². The van der Waals surface area contributed by atoms with Crippen LogP contribution in [0.25, 0.3) is 11.7 Å². The Labute approximate surface area is 213 Å². The van der Waals surface area contributed by atoms with Gasteiger partial charge in [0, 0.05) is 19.3 Å². The van der Waals surface area contributed by atoms with Gasteiger partial charge in [-0.05, 0) is 44.5 Å². The maximum absolute atomic E-state index is 13.6. The maximum Gasteiger partial charge on any atom is 0.267 e.